The largest absolute Gasteiger partial charge is 0.457 e. The normalized spacial score (nSPS) is 18.0. The Morgan fingerprint density at radius 1 is 1.03 bits per heavy atom. The molecule has 0 fully saturated rings. The van der Waals surface area contributed by atoms with Gasteiger partial charge in [0.2, 0.25) is 11.1 Å². The number of benzene rings is 3. The van der Waals surface area contributed by atoms with E-state index in [1.807, 2.05) is 83.5 Å². The summed E-state index contributed by atoms with van der Waals surface area (Å²) in [7, 11) is 0. The summed E-state index contributed by atoms with van der Waals surface area (Å²) in [4.78, 5) is 18.4. The number of ether oxygens (including phenoxy) is 1. The third kappa shape index (κ3) is 4.96. The van der Waals surface area contributed by atoms with Gasteiger partial charge in [-0.2, -0.15) is 4.98 Å². The maximum Gasteiger partial charge on any atom is 0.227 e. The number of nitrogens with one attached hydrogen (secondary N) is 1. The number of Topliss-reactive ketones (excluding diaryl/α,β-unsaturated/α-hetero) is 1. The third-order valence-electron chi connectivity index (χ3n) is 6.78. The lowest BCUT2D eigenvalue weighted by Crippen LogP contribution is -2.36. The van der Waals surface area contributed by atoms with Crippen molar-refractivity contribution >= 4 is 35.1 Å². The molecule has 0 saturated heterocycles. The zero-order valence-electron chi connectivity index (χ0n) is 21.1. The van der Waals surface area contributed by atoms with Crippen LogP contribution in [-0.4, -0.2) is 20.5 Å². The molecule has 6 rings (SSSR count). The molecule has 38 heavy (non-hydrogen) atoms. The van der Waals surface area contributed by atoms with Crippen LogP contribution in [0.25, 0.3) is 0 Å². The van der Waals surface area contributed by atoms with Gasteiger partial charge in [0.25, 0.3) is 0 Å². The van der Waals surface area contributed by atoms with Crippen molar-refractivity contribution in [2.45, 2.75) is 43.6 Å². The highest BCUT2D eigenvalue weighted by atomic mass is 35.5. The summed E-state index contributed by atoms with van der Waals surface area (Å²) in [6.07, 6.45) is 1.25. The van der Waals surface area contributed by atoms with E-state index in [0.717, 1.165) is 39.6 Å². The molecule has 1 unspecified atom stereocenters. The summed E-state index contributed by atoms with van der Waals surface area (Å²) in [5.41, 5.74) is 3.50. The van der Waals surface area contributed by atoms with Gasteiger partial charge in [0, 0.05) is 28.5 Å². The highest BCUT2D eigenvalue weighted by Crippen LogP contribution is 2.46. The minimum Gasteiger partial charge on any atom is -0.457 e. The number of nitrogens with zero attached hydrogens (tertiary/aromatic N) is 3. The molecular formula is C30H27ClN4O2S. The average Bonchev–Trinajstić information content (AvgIpc) is 3.29. The molecule has 3 aromatic carbocycles. The van der Waals surface area contributed by atoms with Gasteiger partial charge in [-0.25, -0.2) is 4.68 Å². The number of aromatic nitrogens is 3. The second-order valence-corrected chi connectivity index (χ2v) is 11.7. The number of halogens is 1. The number of carbonyl (C=O) groups is 1. The molecule has 0 bridgehead atoms. The third-order valence-corrected chi connectivity index (χ3v) is 8.04. The lowest BCUT2D eigenvalue weighted by molar-refractivity contribution is -0.118. The summed E-state index contributed by atoms with van der Waals surface area (Å²) in [5.74, 6) is 2.87. The fraction of sp³-hybridized carbons (Fsp3) is 0.233. The zero-order valence-corrected chi connectivity index (χ0v) is 22.7. The van der Waals surface area contributed by atoms with Crippen LogP contribution in [0.5, 0.6) is 11.5 Å². The minimum atomic E-state index is -0.397. The number of allylic oxidation sites excluding steroid dienone is 2. The molecule has 192 valence electrons. The Labute approximate surface area is 231 Å². The van der Waals surface area contributed by atoms with Gasteiger partial charge in [0.1, 0.15) is 17.5 Å². The summed E-state index contributed by atoms with van der Waals surface area (Å²) in [6, 6.07) is 24.9. The highest BCUT2D eigenvalue weighted by Gasteiger charge is 2.42. The van der Waals surface area contributed by atoms with E-state index in [0.29, 0.717) is 29.0 Å². The summed E-state index contributed by atoms with van der Waals surface area (Å²) in [5, 5.41) is 9.66. The Morgan fingerprint density at radius 2 is 1.79 bits per heavy atom. The van der Waals surface area contributed by atoms with Gasteiger partial charge in [-0.3, -0.25) is 4.79 Å². The number of rotatable bonds is 6. The molecule has 0 amide bonds. The van der Waals surface area contributed by atoms with Crippen molar-refractivity contribution in [3.8, 4) is 11.5 Å². The number of hydrogen-bond donors (Lipinski definition) is 1. The number of hydrogen-bond acceptors (Lipinski definition) is 6. The van der Waals surface area contributed by atoms with Crippen molar-refractivity contribution in [1.82, 2.24) is 14.8 Å². The van der Waals surface area contributed by atoms with E-state index >= 15 is 0 Å². The van der Waals surface area contributed by atoms with Crippen LogP contribution in [0, 0.1) is 5.41 Å². The van der Waals surface area contributed by atoms with E-state index in [-0.39, 0.29) is 11.2 Å². The summed E-state index contributed by atoms with van der Waals surface area (Å²) in [6.45, 7) is 4.26. The van der Waals surface area contributed by atoms with E-state index in [1.165, 1.54) is 11.8 Å². The van der Waals surface area contributed by atoms with Gasteiger partial charge in [-0.05, 0) is 53.3 Å². The van der Waals surface area contributed by atoms with E-state index < -0.39 is 6.04 Å². The molecule has 4 aromatic rings. The molecule has 1 aliphatic carbocycles. The van der Waals surface area contributed by atoms with Gasteiger partial charge in [0.05, 0.1) is 0 Å². The van der Waals surface area contributed by atoms with Crippen LogP contribution in [0.1, 0.15) is 43.9 Å². The van der Waals surface area contributed by atoms with Crippen LogP contribution in [0.3, 0.4) is 0 Å². The van der Waals surface area contributed by atoms with Gasteiger partial charge >= 0.3 is 0 Å². The van der Waals surface area contributed by atoms with Crippen molar-refractivity contribution in [2.75, 3.05) is 5.32 Å². The molecule has 8 heteroatoms. The number of anilines is 1. The van der Waals surface area contributed by atoms with Crippen LogP contribution in [0.15, 0.2) is 95.3 Å². The maximum absolute atomic E-state index is 13.6. The van der Waals surface area contributed by atoms with Gasteiger partial charge < -0.3 is 10.1 Å². The van der Waals surface area contributed by atoms with Crippen LogP contribution in [0.2, 0.25) is 5.02 Å². The predicted molar refractivity (Wildman–Crippen MR) is 151 cm³/mol. The second kappa shape index (κ2) is 9.97. The number of fused-ring (bicyclic) bond motifs is 1. The zero-order chi connectivity index (χ0) is 26.3. The highest BCUT2D eigenvalue weighted by molar-refractivity contribution is 7.98. The number of ketones is 1. The van der Waals surface area contributed by atoms with Gasteiger partial charge in [0.15, 0.2) is 5.78 Å². The van der Waals surface area contributed by atoms with Crippen molar-refractivity contribution in [3.63, 3.8) is 0 Å². The van der Waals surface area contributed by atoms with E-state index in [2.05, 4.69) is 19.2 Å². The molecule has 2 heterocycles. The molecule has 1 atom stereocenters. The van der Waals surface area contributed by atoms with E-state index in [1.54, 1.807) is 0 Å². The maximum atomic E-state index is 13.6. The van der Waals surface area contributed by atoms with E-state index in [4.69, 9.17) is 26.4 Å². The van der Waals surface area contributed by atoms with Crippen molar-refractivity contribution < 1.29 is 9.53 Å². The Kier molecular flexibility index (Phi) is 6.50. The quantitative estimate of drug-likeness (QED) is 0.252. The molecule has 1 aromatic heterocycles. The van der Waals surface area contributed by atoms with Gasteiger partial charge in [-0.1, -0.05) is 85.7 Å². The lowest BCUT2D eigenvalue weighted by atomic mass is 9.73. The smallest absolute Gasteiger partial charge is 0.227 e. The lowest BCUT2D eigenvalue weighted by Gasteiger charge is -2.38. The molecule has 0 spiro atoms. The Morgan fingerprint density at radius 3 is 2.61 bits per heavy atom. The van der Waals surface area contributed by atoms with Gasteiger partial charge in [-0.15, -0.1) is 5.10 Å². The fourth-order valence-electron chi connectivity index (χ4n) is 5.09. The first-order valence-electron chi connectivity index (χ1n) is 12.6. The number of thioether (sulfide) groups is 1. The first-order chi connectivity index (χ1) is 18.4. The Balaban J connectivity index is 1.38. The number of para-hydroxylation sites is 1. The molecule has 0 saturated carbocycles. The molecule has 0 radical (unpaired) electrons. The van der Waals surface area contributed by atoms with Crippen LogP contribution in [-0.2, 0) is 10.5 Å². The first-order valence-corrected chi connectivity index (χ1v) is 13.9. The summed E-state index contributed by atoms with van der Waals surface area (Å²) >= 11 is 7.89. The molecule has 6 nitrogen and oxygen atoms in total. The average molecular weight is 543 g/mol. The molecule has 1 N–H and O–H groups in total. The number of carbonyl (C=O) groups excluding carboxylic acids is 1. The van der Waals surface area contributed by atoms with Crippen LogP contribution < -0.4 is 10.1 Å². The minimum absolute atomic E-state index is 0.129. The van der Waals surface area contributed by atoms with Crippen molar-refractivity contribution in [1.29, 1.82) is 0 Å². The molecule has 2 aliphatic rings. The fourth-order valence-corrected chi connectivity index (χ4v) is 6.20. The van der Waals surface area contributed by atoms with E-state index in [9.17, 15) is 4.79 Å². The summed E-state index contributed by atoms with van der Waals surface area (Å²) < 4.78 is 7.96. The van der Waals surface area contributed by atoms with Crippen molar-refractivity contribution in [3.05, 3.63) is 106 Å². The monoisotopic (exact) mass is 542 g/mol. The molecular weight excluding hydrogens is 516 g/mol. The first kappa shape index (κ1) is 24.8. The van der Waals surface area contributed by atoms with Crippen molar-refractivity contribution in [2.24, 2.45) is 5.41 Å². The van der Waals surface area contributed by atoms with Crippen LogP contribution in [0.4, 0.5) is 5.95 Å². The second-order valence-electron chi connectivity index (χ2n) is 10.4. The topological polar surface area (TPSA) is 69.0 Å². The standard InChI is InChI=1S/C30H27ClN4O2S/c1-30(2)16-24-26(25(36)17-30)27(19-10-8-13-22(15-19)37-21-11-4-3-5-12-21)35-28(32-24)33-29(34-35)38-18-20-9-6-7-14-23(20)31/h3-15,27H,16-18H2,1-2H3,(H,32,33,34). The Bertz CT molecular complexity index is 1550. The predicted octanol–water partition coefficient (Wildman–Crippen LogP) is 7.67. The molecule has 1 aliphatic heterocycles. The SMILES string of the molecule is CC1(C)CC(=O)C2=C(C1)Nc1nc(SCc3ccccc3Cl)nn1C2c1cccc(Oc2ccccc2)c1. The van der Waals surface area contributed by atoms with Crippen LogP contribution >= 0.6 is 23.4 Å². The Hall–Kier alpha value is -3.55.